The van der Waals surface area contributed by atoms with E-state index in [0.29, 0.717) is 0 Å². The average Bonchev–Trinajstić information content (AvgIpc) is 1.88. The minimum absolute atomic E-state index is 0.00440. The lowest BCUT2D eigenvalue weighted by atomic mass is 10.4. The first kappa shape index (κ1) is 8.50. The van der Waals surface area contributed by atoms with Gasteiger partial charge in [-0.25, -0.2) is 4.79 Å². The number of rotatable bonds is 3. The van der Waals surface area contributed by atoms with E-state index in [1.807, 2.05) is 0 Å². The lowest BCUT2D eigenvalue weighted by Gasteiger charge is -1.92. The number of hydrogen-bond acceptors (Lipinski definition) is 3. The predicted molar refractivity (Wildman–Crippen MR) is 37.6 cm³/mol. The van der Waals surface area contributed by atoms with Crippen molar-refractivity contribution in [2.24, 2.45) is 5.10 Å². The molecule has 0 aromatic carbocycles. The summed E-state index contributed by atoms with van der Waals surface area (Å²) in [5, 5.41) is 11.7. The molecule has 0 aliphatic rings. The van der Waals surface area contributed by atoms with Crippen LogP contribution in [0.25, 0.3) is 0 Å². The molecule has 0 aromatic heterocycles. The second kappa shape index (κ2) is 4.39. The van der Waals surface area contributed by atoms with Crippen molar-refractivity contribution in [1.29, 1.82) is 0 Å². The van der Waals surface area contributed by atoms with Gasteiger partial charge >= 0.3 is 5.97 Å². The van der Waals surface area contributed by atoms with Gasteiger partial charge in [-0.2, -0.15) is 5.10 Å². The van der Waals surface area contributed by atoms with E-state index >= 15 is 0 Å². The van der Waals surface area contributed by atoms with Gasteiger partial charge in [-0.3, -0.25) is 5.43 Å². The second-order valence-corrected chi connectivity index (χ2v) is 1.54. The largest absolute Gasteiger partial charge is 0.477 e. The number of aliphatic carboxylic acids is 1. The first-order chi connectivity index (χ1) is 4.68. The molecule has 0 rings (SSSR count). The van der Waals surface area contributed by atoms with E-state index in [0.717, 1.165) is 0 Å². The Labute approximate surface area is 58.9 Å². The summed E-state index contributed by atoms with van der Waals surface area (Å²) < 4.78 is 0. The maximum atomic E-state index is 10.1. The monoisotopic (exact) mass is 140 g/mol. The van der Waals surface area contributed by atoms with Gasteiger partial charge in [0.2, 0.25) is 0 Å². The quantitative estimate of drug-likeness (QED) is 0.244. The SMILES string of the molecule is C#CCN/N=C(\C)C(=O)O. The number of carbonyl (C=O) groups is 1. The summed E-state index contributed by atoms with van der Waals surface area (Å²) in [4.78, 5) is 10.1. The van der Waals surface area contributed by atoms with E-state index < -0.39 is 5.97 Å². The zero-order chi connectivity index (χ0) is 7.98. The maximum absolute atomic E-state index is 10.1. The van der Waals surface area contributed by atoms with Crippen molar-refractivity contribution in [2.75, 3.05) is 6.54 Å². The average molecular weight is 140 g/mol. The highest BCUT2D eigenvalue weighted by Crippen LogP contribution is 1.72. The number of hydrazone groups is 1. The number of carboxylic acids is 1. The molecule has 0 aromatic rings. The highest BCUT2D eigenvalue weighted by molar-refractivity contribution is 6.34. The molecule has 0 saturated heterocycles. The summed E-state index contributed by atoms with van der Waals surface area (Å²) in [6.07, 6.45) is 4.86. The van der Waals surface area contributed by atoms with Crippen LogP contribution in [0.15, 0.2) is 5.10 Å². The number of nitrogens with one attached hydrogen (secondary N) is 1. The zero-order valence-corrected chi connectivity index (χ0v) is 5.59. The summed E-state index contributed by atoms with van der Waals surface area (Å²) >= 11 is 0. The van der Waals surface area contributed by atoms with Crippen molar-refractivity contribution in [3.63, 3.8) is 0 Å². The third kappa shape index (κ3) is 3.50. The fourth-order valence-electron chi connectivity index (χ4n) is 0.252. The van der Waals surface area contributed by atoms with Crippen molar-refractivity contribution >= 4 is 11.7 Å². The summed E-state index contributed by atoms with van der Waals surface area (Å²) in [5.41, 5.74) is 2.38. The van der Waals surface area contributed by atoms with Crippen molar-refractivity contribution in [3.05, 3.63) is 0 Å². The number of hydrogen-bond donors (Lipinski definition) is 2. The van der Waals surface area contributed by atoms with Gasteiger partial charge < -0.3 is 5.11 Å². The van der Waals surface area contributed by atoms with Crippen LogP contribution < -0.4 is 5.43 Å². The molecule has 0 radical (unpaired) electrons. The van der Waals surface area contributed by atoms with Crippen molar-refractivity contribution in [2.45, 2.75) is 6.92 Å². The molecule has 0 fully saturated rings. The van der Waals surface area contributed by atoms with Gasteiger partial charge in [0.1, 0.15) is 5.71 Å². The molecule has 0 bridgehead atoms. The fourth-order valence-corrected chi connectivity index (χ4v) is 0.252. The minimum atomic E-state index is -1.05. The van der Waals surface area contributed by atoms with Gasteiger partial charge in [-0.1, -0.05) is 5.92 Å². The highest BCUT2D eigenvalue weighted by Gasteiger charge is 1.98. The highest BCUT2D eigenvalue weighted by atomic mass is 16.4. The van der Waals surface area contributed by atoms with Crippen LogP contribution in [0.1, 0.15) is 6.92 Å². The molecule has 0 amide bonds. The van der Waals surface area contributed by atoms with E-state index in [1.54, 1.807) is 0 Å². The van der Waals surface area contributed by atoms with Gasteiger partial charge in [0, 0.05) is 0 Å². The van der Waals surface area contributed by atoms with E-state index in [4.69, 9.17) is 11.5 Å². The second-order valence-electron chi connectivity index (χ2n) is 1.54. The molecule has 0 spiro atoms. The molecular formula is C6H8N2O2. The standard InChI is InChI=1S/C6H8N2O2/c1-3-4-7-8-5(2)6(9)10/h1,7H,4H2,2H3,(H,9,10)/b8-5+. The third-order valence-corrected chi connectivity index (χ3v) is 0.737. The molecule has 0 aliphatic heterocycles. The van der Waals surface area contributed by atoms with Crippen LogP contribution in [-0.2, 0) is 4.79 Å². The predicted octanol–water partition coefficient (Wildman–Crippen LogP) is -0.330. The molecule has 54 valence electrons. The van der Waals surface area contributed by atoms with Gasteiger partial charge in [-0.05, 0) is 6.92 Å². The van der Waals surface area contributed by atoms with E-state index in [9.17, 15) is 4.79 Å². The Kier molecular flexibility index (Phi) is 3.73. The molecule has 0 unspecified atom stereocenters. The Morgan fingerprint density at radius 1 is 1.90 bits per heavy atom. The Hall–Kier alpha value is -1.50. The zero-order valence-electron chi connectivity index (χ0n) is 5.59. The molecule has 0 atom stereocenters. The minimum Gasteiger partial charge on any atom is -0.477 e. The van der Waals surface area contributed by atoms with Gasteiger partial charge in [0.05, 0.1) is 6.54 Å². The Morgan fingerprint density at radius 3 is 2.90 bits per heavy atom. The Balaban J connectivity index is 3.72. The number of nitrogens with zero attached hydrogens (tertiary/aromatic N) is 1. The topological polar surface area (TPSA) is 61.7 Å². The summed E-state index contributed by atoms with van der Waals surface area (Å²) in [6, 6.07) is 0. The van der Waals surface area contributed by atoms with Crippen molar-refractivity contribution in [3.8, 4) is 12.3 Å². The number of terminal acetylenes is 1. The summed E-state index contributed by atoms with van der Waals surface area (Å²) in [7, 11) is 0. The van der Waals surface area contributed by atoms with Gasteiger partial charge in [-0.15, -0.1) is 6.42 Å². The van der Waals surface area contributed by atoms with Crippen molar-refractivity contribution < 1.29 is 9.90 Å². The maximum Gasteiger partial charge on any atom is 0.351 e. The van der Waals surface area contributed by atoms with Crippen LogP contribution in [0.2, 0.25) is 0 Å². The molecular weight excluding hydrogens is 132 g/mol. The molecule has 4 heteroatoms. The Bertz CT molecular complexity index is 190. The molecule has 0 heterocycles. The molecule has 0 saturated carbocycles. The van der Waals surface area contributed by atoms with E-state index in [-0.39, 0.29) is 12.3 Å². The van der Waals surface area contributed by atoms with Crippen LogP contribution in [0.3, 0.4) is 0 Å². The molecule has 0 aliphatic carbocycles. The van der Waals surface area contributed by atoms with E-state index in [1.165, 1.54) is 6.92 Å². The van der Waals surface area contributed by atoms with E-state index in [2.05, 4.69) is 16.4 Å². The van der Waals surface area contributed by atoms with Crippen LogP contribution >= 0.6 is 0 Å². The Morgan fingerprint density at radius 2 is 2.50 bits per heavy atom. The van der Waals surface area contributed by atoms with Crippen LogP contribution in [0.5, 0.6) is 0 Å². The number of carboxylic acid groups (broad SMARTS) is 1. The first-order valence-electron chi connectivity index (χ1n) is 2.62. The molecule has 2 N–H and O–H groups in total. The smallest absolute Gasteiger partial charge is 0.351 e. The summed E-state index contributed by atoms with van der Waals surface area (Å²) in [6.45, 7) is 1.62. The van der Waals surface area contributed by atoms with Gasteiger partial charge in [0.15, 0.2) is 0 Å². The fraction of sp³-hybridized carbons (Fsp3) is 0.333. The van der Waals surface area contributed by atoms with Crippen LogP contribution in [0.4, 0.5) is 0 Å². The van der Waals surface area contributed by atoms with Crippen LogP contribution in [0, 0.1) is 12.3 Å². The first-order valence-corrected chi connectivity index (χ1v) is 2.62. The lowest BCUT2D eigenvalue weighted by molar-refractivity contribution is -0.129. The van der Waals surface area contributed by atoms with Crippen molar-refractivity contribution in [1.82, 2.24) is 5.43 Å². The van der Waals surface area contributed by atoms with Gasteiger partial charge in [0.25, 0.3) is 0 Å². The normalized spacial score (nSPS) is 10.2. The molecule has 4 nitrogen and oxygen atoms in total. The third-order valence-electron chi connectivity index (χ3n) is 0.737. The lowest BCUT2D eigenvalue weighted by Crippen LogP contribution is -2.15. The molecule has 10 heavy (non-hydrogen) atoms. The van der Waals surface area contributed by atoms with Crippen LogP contribution in [-0.4, -0.2) is 23.3 Å². The summed E-state index contributed by atoms with van der Waals surface area (Å²) in [5.74, 6) is 1.20.